The van der Waals surface area contributed by atoms with Crippen molar-refractivity contribution in [3.8, 4) is 0 Å². The summed E-state index contributed by atoms with van der Waals surface area (Å²) in [5.74, 6) is -1.73. The highest BCUT2D eigenvalue weighted by atomic mass is 35.5. The molecule has 1 aromatic carbocycles. The molecule has 0 amide bonds. The molecule has 0 aliphatic carbocycles. The Kier molecular flexibility index (Phi) is 3.93. The van der Waals surface area contributed by atoms with Crippen molar-refractivity contribution >= 4 is 46.4 Å². The fraction of sp³-hybridized carbons (Fsp3) is 0.111. The number of alkyl halides is 1. The molecule has 0 unspecified atom stereocenters. The van der Waals surface area contributed by atoms with Gasteiger partial charge in [0.1, 0.15) is 0 Å². The van der Waals surface area contributed by atoms with Gasteiger partial charge in [-0.15, -0.1) is 11.6 Å². The Labute approximate surface area is 95.8 Å². The molecule has 0 heterocycles. The first kappa shape index (κ1) is 11.5. The largest absolute Gasteiger partial charge is 0.289 e. The standard InChI is InChI=1S/C9H5Cl3O2/c10-4-8(13)9(14)6-2-1-5(11)3-7(6)12/h1-3H,4H2. The first-order valence-electron chi connectivity index (χ1n) is 3.65. The zero-order chi connectivity index (χ0) is 10.7. The van der Waals surface area contributed by atoms with Gasteiger partial charge in [0.25, 0.3) is 0 Å². The van der Waals surface area contributed by atoms with Crippen LogP contribution < -0.4 is 0 Å². The lowest BCUT2D eigenvalue weighted by atomic mass is 10.1. The number of hydrogen-bond donors (Lipinski definition) is 0. The fourth-order valence-electron chi connectivity index (χ4n) is 0.885. The van der Waals surface area contributed by atoms with Gasteiger partial charge in [0.2, 0.25) is 11.6 Å². The van der Waals surface area contributed by atoms with Crippen molar-refractivity contribution in [2.75, 3.05) is 5.88 Å². The molecule has 0 aliphatic heterocycles. The maximum Gasteiger partial charge on any atom is 0.231 e. The lowest BCUT2D eigenvalue weighted by Crippen LogP contribution is -2.15. The summed E-state index contributed by atoms with van der Waals surface area (Å²) in [6, 6.07) is 4.29. The van der Waals surface area contributed by atoms with Crippen molar-refractivity contribution in [3.05, 3.63) is 33.8 Å². The monoisotopic (exact) mass is 250 g/mol. The minimum atomic E-state index is -0.693. The van der Waals surface area contributed by atoms with E-state index in [9.17, 15) is 9.59 Å². The Hall–Kier alpha value is -0.570. The molecule has 74 valence electrons. The smallest absolute Gasteiger partial charge is 0.231 e. The van der Waals surface area contributed by atoms with E-state index in [1.165, 1.54) is 18.2 Å². The van der Waals surface area contributed by atoms with Crippen LogP contribution in [0.3, 0.4) is 0 Å². The minimum Gasteiger partial charge on any atom is -0.289 e. The van der Waals surface area contributed by atoms with E-state index in [0.717, 1.165) is 0 Å². The predicted octanol–water partition coefficient (Wildman–Crippen LogP) is 2.98. The average Bonchev–Trinajstić information content (AvgIpc) is 2.15. The van der Waals surface area contributed by atoms with Crippen molar-refractivity contribution < 1.29 is 9.59 Å². The molecule has 0 N–H and O–H groups in total. The summed E-state index contributed by atoms with van der Waals surface area (Å²) in [6.45, 7) is 0. The van der Waals surface area contributed by atoms with Crippen LogP contribution in [-0.2, 0) is 4.79 Å². The van der Waals surface area contributed by atoms with Crippen LogP contribution in [0.1, 0.15) is 10.4 Å². The van der Waals surface area contributed by atoms with Crippen molar-refractivity contribution in [2.45, 2.75) is 0 Å². The van der Waals surface area contributed by atoms with Gasteiger partial charge in [-0.1, -0.05) is 23.2 Å². The first-order chi connectivity index (χ1) is 6.56. The quantitative estimate of drug-likeness (QED) is 0.470. The Morgan fingerprint density at radius 3 is 2.36 bits per heavy atom. The summed E-state index contributed by atoms with van der Waals surface area (Å²) in [6.07, 6.45) is 0. The molecule has 5 heteroatoms. The molecule has 0 aromatic heterocycles. The highest BCUT2D eigenvalue weighted by molar-refractivity contribution is 6.53. The van der Waals surface area contributed by atoms with Crippen molar-refractivity contribution in [1.29, 1.82) is 0 Å². The number of carbonyl (C=O) groups is 2. The number of halogens is 3. The van der Waals surface area contributed by atoms with Gasteiger partial charge in [0, 0.05) is 10.6 Å². The number of carbonyl (C=O) groups excluding carboxylic acids is 2. The fourth-order valence-corrected chi connectivity index (χ4v) is 1.50. The summed E-state index contributed by atoms with van der Waals surface area (Å²) >= 11 is 16.6. The predicted molar refractivity (Wildman–Crippen MR) is 56.5 cm³/mol. The zero-order valence-electron chi connectivity index (χ0n) is 6.89. The molecule has 2 nitrogen and oxygen atoms in total. The SMILES string of the molecule is O=C(CCl)C(=O)c1ccc(Cl)cc1Cl. The second-order valence-corrected chi connectivity index (χ2v) is 3.62. The molecule has 0 aliphatic rings. The van der Waals surface area contributed by atoms with E-state index < -0.39 is 11.6 Å². The van der Waals surface area contributed by atoms with E-state index >= 15 is 0 Å². The number of rotatable bonds is 3. The van der Waals surface area contributed by atoms with Crippen LogP contribution in [0.2, 0.25) is 10.0 Å². The molecule has 1 aromatic rings. The topological polar surface area (TPSA) is 34.1 Å². The van der Waals surface area contributed by atoms with Crippen LogP contribution in [-0.4, -0.2) is 17.4 Å². The van der Waals surface area contributed by atoms with Gasteiger partial charge in [-0.3, -0.25) is 9.59 Å². The van der Waals surface area contributed by atoms with Gasteiger partial charge in [0.15, 0.2) is 0 Å². The molecule has 0 saturated carbocycles. The Bertz CT molecular complexity index is 388. The maximum absolute atomic E-state index is 11.3. The van der Waals surface area contributed by atoms with Gasteiger partial charge in [-0.05, 0) is 18.2 Å². The minimum absolute atomic E-state index is 0.127. The van der Waals surface area contributed by atoms with Crippen LogP contribution in [0.25, 0.3) is 0 Å². The summed E-state index contributed by atoms with van der Waals surface area (Å²) in [5.41, 5.74) is 0.127. The molecule has 0 spiro atoms. The van der Waals surface area contributed by atoms with Crippen molar-refractivity contribution in [1.82, 2.24) is 0 Å². The number of hydrogen-bond acceptors (Lipinski definition) is 2. The highest BCUT2D eigenvalue weighted by Gasteiger charge is 2.17. The molecule has 1 rings (SSSR count). The summed E-state index contributed by atoms with van der Waals surface area (Å²) in [5, 5.41) is 0.561. The van der Waals surface area contributed by atoms with Crippen LogP contribution in [0, 0.1) is 0 Å². The van der Waals surface area contributed by atoms with Crippen molar-refractivity contribution in [3.63, 3.8) is 0 Å². The Morgan fingerprint density at radius 2 is 1.86 bits per heavy atom. The molecule has 14 heavy (non-hydrogen) atoms. The number of ketones is 2. The van der Waals surface area contributed by atoms with Crippen LogP contribution in [0.15, 0.2) is 18.2 Å². The third-order valence-electron chi connectivity index (χ3n) is 1.55. The maximum atomic E-state index is 11.3. The zero-order valence-corrected chi connectivity index (χ0v) is 9.16. The average molecular weight is 251 g/mol. The van der Waals surface area contributed by atoms with Crippen LogP contribution >= 0.6 is 34.8 Å². The highest BCUT2D eigenvalue weighted by Crippen LogP contribution is 2.21. The summed E-state index contributed by atoms with van der Waals surface area (Å²) in [7, 11) is 0. The third-order valence-corrected chi connectivity index (χ3v) is 2.34. The Balaban J connectivity index is 3.08. The van der Waals surface area contributed by atoms with E-state index in [-0.39, 0.29) is 16.5 Å². The van der Waals surface area contributed by atoms with Gasteiger partial charge in [-0.2, -0.15) is 0 Å². The van der Waals surface area contributed by atoms with Gasteiger partial charge in [0.05, 0.1) is 10.9 Å². The van der Waals surface area contributed by atoms with E-state index in [2.05, 4.69) is 0 Å². The van der Waals surface area contributed by atoms with Gasteiger partial charge < -0.3 is 0 Å². The molecule has 0 atom stereocenters. The van der Waals surface area contributed by atoms with E-state index in [0.29, 0.717) is 5.02 Å². The normalized spacial score (nSPS) is 9.93. The number of benzene rings is 1. The van der Waals surface area contributed by atoms with Crippen LogP contribution in [0.4, 0.5) is 0 Å². The summed E-state index contributed by atoms with van der Waals surface area (Å²) in [4.78, 5) is 22.3. The first-order valence-corrected chi connectivity index (χ1v) is 4.94. The molecule has 0 fully saturated rings. The van der Waals surface area contributed by atoms with E-state index in [4.69, 9.17) is 34.8 Å². The van der Waals surface area contributed by atoms with E-state index in [1.807, 2.05) is 0 Å². The lowest BCUT2D eigenvalue weighted by molar-refractivity contribution is -0.112. The molecular formula is C9H5Cl3O2. The van der Waals surface area contributed by atoms with E-state index in [1.54, 1.807) is 0 Å². The third kappa shape index (κ3) is 2.47. The second kappa shape index (κ2) is 4.78. The molecule has 0 radical (unpaired) electrons. The van der Waals surface area contributed by atoms with Gasteiger partial charge in [-0.25, -0.2) is 0 Å². The van der Waals surface area contributed by atoms with Gasteiger partial charge >= 0.3 is 0 Å². The number of Topliss-reactive ketones (excluding diaryl/α,β-unsaturated/α-hetero) is 2. The molecule has 0 saturated heterocycles. The lowest BCUT2D eigenvalue weighted by Gasteiger charge is -2.00. The second-order valence-electron chi connectivity index (χ2n) is 2.51. The Morgan fingerprint density at radius 1 is 1.21 bits per heavy atom. The molecule has 0 bridgehead atoms. The summed E-state index contributed by atoms with van der Waals surface area (Å²) < 4.78 is 0. The van der Waals surface area contributed by atoms with Crippen LogP contribution in [0.5, 0.6) is 0 Å². The molecular weight excluding hydrogens is 246 g/mol. The van der Waals surface area contributed by atoms with Crippen molar-refractivity contribution in [2.24, 2.45) is 0 Å².